The molecule has 5 heteroatoms. The molecule has 3 aromatic rings. The van der Waals surface area contributed by atoms with Gasteiger partial charge in [-0.05, 0) is 79.2 Å². The second-order valence-corrected chi connectivity index (χ2v) is 6.13. The Morgan fingerprint density at radius 2 is 1.38 bits per heavy atom. The van der Waals surface area contributed by atoms with Crippen LogP contribution in [0.3, 0.4) is 0 Å². The molecule has 0 aliphatic rings. The third kappa shape index (κ3) is 6.14. The molecule has 0 radical (unpaired) electrons. The summed E-state index contributed by atoms with van der Waals surface area (Å²) in [6.45, 7) is 2.57. The highest BCUT2D eigenvalue weighted by molar-refractivity contribution is 6.01. The van der Waals surface area contributed by atoms with Crippen molar-refractivity contribution < 1.29 is 19.0 Å². The minimum atomic E-state index is -0.207. The van der Waals surface area contributed by atoms with E-state index in [0.29, 0.717) is 23.8 Å². The quantitative estimate of drug-likeness (QED) is 0.514. The predicted molar refractivity (Wildman–Crippen MR) is 115 cm³/mol. The van der Waals surface area contributed by atoms with Gasteiger partial charge in [0.15, 0.2) is 0 Å². The van der Waals surface area contributed by atoms with Crippen LogP contribution in [0.15, 0.2) is 78.9 Å². The zero-order chi connectivity index (χ0) is 20.5. The van der Waals surface area contributed by atoms with Crippen LogP contribution >= 0.6 is 0 Å². The first-order valence-corrected chi connectivity index (χ1v) is 9.30. The molecule has 0 spiro atoms. The monoisotopic (exact) mass is 389 g/mol. The summed E-state index contributed by atoms with van der Waals surface area (Å²) in [6.07, 6.45) is 3.24. The van der Waals surface area contributed by atoms with Gasteiger partial charge in [0.05, 0.1) is 13.7 Å². The van der Waals surface area contributed by atoms with Gasteiger partial charge >= 0.3 is 0 Å². The van der Waals surface area contributed by atoms with Crippen molar-refractivity contribution in [1.82, 2.24) is 0 Å². The summed E-state index contributed by atoms with van der Waals surface area (Å²) in [4.78, 5) is 12.1. The maximum atomic E-state index is 12.1. The Labute approximate surface area is 170 Å². The Bertz CT molecular complexity index is 946. The number of amides is 1. The normalized spacial score (nSPS) is 10.6. The third-order valence-electron chi connectivity index (χ3n) is 4.04. The lowest BCUT2D eigenvalue weighted by Crippen LogP contribution is -2.07. The first-order valence-electron chi connectivity index (χ1n) is 9.30. The first kappa shape index (κ1) is 20.0. The number of hydrogen-bond donors (Lipinski definition) is 1. The molecule has 0 atom stereocenters. The molecule has 0 fully saturated rings. The molecule has 1 amide bonds. The fraction of sp³-hybridized carbons (Fsp3) is 0.125. The van der Waals surface area contributed by atoms with Crippen LogP contribution in [0, 0.1) is 0 Å². The highest BCUT2D eigenvalue weighted by atomic mass is 16.5. The summed E-state index contributed by atoms with van der Waals surface area (Å²) in [5.74, 6) is 2.77. The Hall–Kier alpha value is -3.73. The molecule has 0 saturated heterocycles. The van der Waals surface area contributed by atoms with Gasteiger partial charge in [-0.2, -0.15) is 0 Å². The van der Waals surface area contributed by atoms with Gasteiger partial charge in [-0.25, -0.2) is 0 Å². The number of ether oxygens (including phenoxy) is 3. The molecule has 0 aliphatic carbocycles. The standard InChI is InChI=1S/C24H23NO4/c1-3-28-21-13-15-23(16-14-21)29-22-11-7-19(8-12-22)25-24(26)17-6-18-4-9-20(27-2)10-5-18/h4-17H,3H2,1-2H3,(H,25,26)/b17-6+. The van der Waals surface area contributed by atoms with Gasteiger partial charge in [0.25, 0.3) is 0 Å². The summed E-state index contributed by atoms with van der Waals surface area (Å²) < 4.78 is 16.3. The minimum absolute atomic E-state index is 0.207. The van der Waals surface area contributed by atoms with Gasteiger partial charge in [0.2, 0.25) is 5.91 Å². The van der Waals surface area contributed by atoms with Gasteiger partial charge in [-0.1, -0.05) is 12.1 Å². The number of carbonyl (C=O) groups excluding carboxylic acids is 1. The van der Waals surface area contributed by atoms with Crippen LogP contribution in [-0.4, -0.2) is 19.6 Å². The molecule has 0 aliphatic heterocycles. The molecular weight excluding hydrogens is 366 g/mol. The highest BCUT2D eigenvalue weighted by Crippen LogP contribution is 2.25. The summed E-state index contributed by atoms with van der Waals surface area (Å²) >= 11 is 0. The fourth-order valence-corrected chi connectivity index (χ4v) is 2.58. The van der Waals surface area contributed by atoms with E-state index in [4.69, 9.17) is 14.2 Å². The number of hydrogen-bond acceptors (Lipinski definition) is 4. The number of nitrogens with one attached hydrogen (secondary N) is 1. The molecule has 3 aromatic carbocycles. The number of carbonyl (C=O) groups is 1. The van der Waals surface area contributed by atoms with E-state index in [9.17, 15) is 4.79 Å². The molecule has 0 unspecified atom stereocenters. The van der Waals surface area contributed by atoms with Gasteiger partial charge in [0.1, 0.15) is 23.0 Å². The van der Waals surface area contributed by atoms with Crippen LogP contribution < -0.4 is 19.5 Å². The topological polar surface area (TPSA) is 56.8 Å². The predicted octanol–water partition coefficient (Wildman–Crippen LogP) is 5.54. The number of benzene rings is 3. The van der Waals surface area contributed by atoms with E-state index >= 15 is 0 Å². The van der Waals surface area contributed by atoms with Crippen molar-refractivity contribution in [3.63, 3.8) is 0 Å². The third-order valence-corrected chi connectivity index (χ3v) is 4.04. The first-order chi connectivity index (χ1) is 14.2. The van der Waals surface area contributed by atoms with Crippen molar-refractivity contribution >= 4 is 17.7 Å². The van der Waals surface area contributed by atoms with Crippen molar-refractivity contribution in [2.75, 3.05) is 19.0 Å². The van der Waals surface area contributed by atoms with E-state index in [1.54, 1.807) is 37.5 Å². The van der Waals surface area contributed by atoms with Crippen LogP contribution in [0.25, 0.3) is 6.08 Å². The maximum absolute atomic E-state index is 12.1. The summed E-state index contributed by atoms with van der Waals surface area (Å²) in [6, 6.07) is 22.1. The van der Waals surface area contributed by atoms with Crippen LogP contribution in [-0.2, 0) is 4.79 Å². The Morgan fingerprint density at radius 3 is 1.97 bits per heavy atom. The van der Waals surface area contributed by atoms with Crippen molar-refractivity contribution in [3.05, 3.63) is 84.4 Å². The molecule has 148 valence electrons. The summed E-state index contributed by atoms with van der Waals surface area (Å²) in [7, 11) is 1.62. The Balaban J connectivity index is 1.53. The smallest absolute Gasteiger partial charge is 0.248 e. The second kappa shape index (κ2) is 9.99. The van der Waals surface area contributed by atoms with E-state index in [1.165, 1.54) is 6.08 Å². The van der Waals surface area contributed by atoms with Gasteiger partial charge in [0, 0.05) is 11.8 Å². The summed E-state index contributed by atoms with van der Waals surface area (Å²) in [5.41, 5.74) is 1.61. The van der Waals surface area contributed by atoms with Crippen LogP contribution in [0.2, 0.25) is 0 Å². The van der Waals surface area contributed by atoms with Crippen molar-refractivity contribution in [1.29, 1.82) is 0 Å². The maximum Gasteiger partial charge on any atom is 0.248 e. The van der Waals surface area contributed by atoms with E-state index in [1.807, 2.05) is 55.5 Å². The number of rotatable bonds is 8. The van der Waals surface area contributed by atoms with E-state index in [0.717, 1.165) is 17.1 Å². The molecule has 0 bridgehead atoms. The molecule has 29 heavy (non-hydrogen) atoms. The van der Waals surface area contributed by atoms with E-state index < -0.39 is 0 Å². The number of anilines is 1. The molecule has 0 saturated carbocycles. The zero-order valence-corrected chi connectivity index (χ0v) is 16.4. The van der Waals surface area contributed by atoms with Gasteiger partial charge in [-0.15, -0.1) is 0 Å². The lowest BCUT2D eigenvalue weighted by Gasteiger charge is -2.08. The van der Waals surface area contributed by atoms with Crippen molar-refractivity contribution in [3.8, 4) is 23.0 Å². The molecule has 0 aromatic heterocycles. The van der Waals surface area contributed by atoms with Crippen LogP contribution in [0.4, 0.5) is 5.69 Å². The van der Waals surface area contributed by atoms with Gasteiger partial charge in [-0.3, -0.25) is 4.79 Å². The van der Waals surface area contributed by atoms with Gasteiger partial charge < -0.3 is 19.5 Å². The fourth-order valence-electron chi connectivity index (χ4n) is 2.58. The molecule has 0 heterocycles. The molecule has 1 N–H and O–H groups in total. The minimum Gasteiger partial charge on any atom is -0.497 e. The molecule has 3 rings (SSSR count). The molecular formula is C24H23NO4. The largest absolute Gasteiger partial charge is 0.497 e. The molecule has 5 nitrogen and oxygen atoms in total. The lowest BCUT2D eigenvalue weighted by molar-refractivity contribution is -0.111. The second-order valence-electron chi connectivity index (χ2n) is 6.13. The SMILES string of the molecule is CCOc1ccc(Oc2ccc(NC(=O)/C=C/c3ccc(OC)cc3)cc2)cc1. The Morgan fingerprint density at radius 1 is 0.828 bits per heavy atom. The zero-order valence-electron chi connectivity index (χ0n) is 16.4. The number of methoxy groups -OCH3 is 1. The highest BCUT2D eigenvalue weighted by Gasteiger charge is 2.01. The van der Waals surface area contributed by atoms with Crippen molar-refractivity contribution in [2.45, 2.75) is 6.92 Å². The average Bonchev–Trinajstić information content (AvgIpc) is 2.75. The van der Waals surface area contributed by atoms with Crippen LogP contribution in [0.5, 0.6) is 23.0 Å². The Kier molecular flexibility index (Phi) is 6.90. The van der Waals surface area contributed by atoms with E-state index in [-0.39, 0.29) is 5.91 Å². The summed E-state index contributed by atoms with van der Waals surface area (Å²) in [5, 5.41) is 2.82. The lowest BCUT2D eigenvalue weighted by atomic mass is 10.2. The average molecular weight is 389 g/mol. The van der Waals surface area contributed by atoms with Crippen molar-refractivity contribution in [2.24, 2.45) is 0 Å². The van der Waals surface area contributed by atoms with Crippen LogP contribution in [0.1, 0.15) is 12.5 Å². The van der Waals surface area contributed by atoms with E-state index in [2.05, 4.69) is 5.32 Å².